The summed E-state index contributed by atoms with van der Waals surface area (Å²) in [6, 6.07) is 9.17. The zero-order valence-electron chi connectivity index (χ0n) is 11.7. The molecule has 1 atom stereocenters. The van der Waals surface area contributed by atoms with Gasteiger partial charge in [0.05, 0.1) is 11.7 Å². The van der Waals surface area contributed by atoms with E-state index in [-0.39, 0.29) is 11.9 Å². The molecule has 0 aliphatic rings. The molecule has 0 radical (unpaired) electrons. The highest BCUT2D eigenvalue weighted by atomic mass is 79.9. The fourth-order valence-electron chi connectivity index (χ4n) is 2.28. The van der Waals surface area contributed by atoms with Crippen LogP contribution < -0.4 is 5.32 Å². The van der Waals surface area contributed by atoms with Crippen LogP contribution in [0.2, 0.25) is 0 Å². The highest BCUT2D eigenvalue weighted by molar-refractivity contribution is 9.10. The summed E-state index contributed by atoms with van der Waals surface area (Å²) in [6.07, 6.45) is 2.37. The molecule has 2 aromatic rings. The topological polar surface area (TPSA) is 24.9 Å². The standard InChI is InChI=1S/C16H18BrFN2/c1-3-19-15(16-11(2)5-4-8-20-16)9-12-6-7-13(17)10-14(12)18/h4-8,10,15,19H,3,9H2,1-2H3. The van der Waals surface area contributed by atoms with Crippen molar-refractivity contribution in [3.63, 3.8) is 0 Å². The minimum Gasteiger partial charge on any atom is -0.309 e. The normalized spacial score (nSPS) is 12.4. The van der Waals surface area contributed by atoms with Gasteiger partial charge in [0.15, 0.2) is 0 Å². The lowest BCUT2D eigenvalue weighted by Gasteiger charge is -2.19. The van der Waals surface area contributed by atoms with Gasteiger partial charge in [-0.15, -0.1) is 0 Å². The summed E-state index contributed by atoms with van der Waals surface area (Å²) >= 11 is 3.28. The molecule has 1 unspecified atom stereocenters. The lowest BCUT2D eigenvalue weighted by atomic mass is 9.99. The van der Waals surface area contributed by atoms with Gasteiger partial charge in [-0.05, 0) is 49.2 Å². The van der Waals surface area contributed by atoms with E-state index in [9.17, 15) is 4.39 Å². The number of hydrogen-bond acceptors (Lipinski definition) is 2. The van der Waals surface area contributed by atoms with Crippen LogP contribution in [0.4, 0.5) is 4.39 Å². The molecule has 0 bridgehead atoms. The first-order valence-electron chi connectivity index (χ1n) is 6.70. The van der Waals surface area contributed by atoms with Crippen LogP contribution in [0.5, 0.6) is 0 Å². The van der Waals surface area contributed by atoms with Crippen molar-refractivity contribution in [3.05, 3.63) is 63.6 Å². The third-order valence-electron chi connectivity index (χ3n) is 3.27. The maximum atomic E-state index is 14.0. The molecule has 0 amide bonds. The van der Waals surface area contributed by atoms with Gasteiger partial charge in [0, 0.05) is 10.7 Å². The van der Waals surface area contributed by atoms with E-state index in [2.05, 4.69) is 26.2 Å². The van der Waals surface area contributed by atoms with Gasteiger partial charge in [0.2, 0.25) is 0 Å². The average molecular weight is 337 g/mol. The Kier molecular flexibility index (Phi) is 5.26. The smallest absolute Gasteiger partial charge is 0.127 e. The Balaban J connectivity index is 2.28. The fraction of sp³-hybridized carbons (Fsp3) is 0.312. The highest BCUT2D eigenvalue weighted by Crippen LogP contribution is 2.23. The van der Waals surface area contributed by atoms with Crippen LogP contribution >= 0.6 is 15.9 Å². The Hall–Kier alpha value is -1.26. The second-order valence-electron chi connectivity index (χ2n) is 4.76. The molecule has 20 heavy (non-hydrogen) atoms. The van der Waals surface area contributed by atoms with Crippen molar-refractivity contribution in [1.82, 2.24) is 10.3 Å². The number of nitrogens with zero attached hydrogens (tertiary/aromatic N) is 1. The monoisotopic (exact) mass is 336 g/mol. The quantitative estimate of drug-likeness (QED) is 0.885. The predicted octanol–water partition coefficient (Wildman–Crippen LogP) is 4.18. The van der Waals surface area contributed by atoms with E-state index in [1.165, 1.54) is 6.07 Å². The van der Waals surface area contributed by atoms with Crippen molar-refractivity contribution < 1.29 is 4.39 Å². The van der Waals surface area contributed by atoms with Crippen LogP contribution in [0.15, 0.2) is 41.0 Å². The molecule has 1 aromatic carbocycles. The number of halogens is 2. The summed E-state index contributed by atoms with van der Waals surface area (Å²) in [5, 5.41) is 3.39. The predicted molar refractivity (Wildman–Crippen MR) is 83.2 cm³/mol. The number of hydrogen-bond donors (Lipinski definition) is 1. The summed E-state index contributed by atoms with van der Waals surface area (Å²) in [5.41, 5.74) is 2.80. The number of pyridine rings is 1. The maximum Gasteiger partial charge on any atom is 0.127 e. The highest BCUT2D eigenvalue weighted by Gasteiger charge is 2.16. The van der Waals surface area contributed by atoms with Crippen molar-refractivity contribution in [3.8, 4) is 0 Å². The lowest BCUT2D eigenvalue weighted by molar-refractivity contribution is 0.515. The lowest BCUT2D eigenvalue weighted by Crippen LogP contribution is -2.25. The van der Waals surface area contributed by atoms with Crippen molar-refractivity contribution in [1.29, 1.82) is 0 Å². The van der Waals surface area contributed by atoms with E-state index in [1.807, 2.05) is 38.1 Å². The van der Waals surface area contributed by atoms with Crippen LogP contribution in [0.1, 0.15) is 29.8 Å². The first-order valence-corrected chi connectivity index (χ1v) is 7.50. The van der Waals surface area contributed by atoms with E-state index >= 15 is 0 Å². The van der Waals surface area contributed by atoms with E-state index in [0.29, 0.717) is 12.0 Å². The van der Waals surface area contributed by atoms with Gasteiger partial charge in [-0.3, -0.25) is 4.98 Å². The maximum absolute atomic E-state index is 14.0. The third kappa shape index (κ3) is 3.64. The van der Waals surface area contributed by atoms with Gasteiger partial charge in [-0.25, -0.2) is 4.39 Å². The summed E-state index contributed by atoms with van der Waals surface area (Å²) in [7, 11) is 0. The first kappa shape index (κ1) is 15.1. The third-order valence-corrected chi connectivity index (χ3v) is 3.76. The minimum absolute atomic E-state index is 0.0249. The molecule has 2 nitrogen and oxygen atoms in total. The molecule has 106 valence electrons. The SMILES string of the molecule is CCNC(Cc1ccc(Br)cc1F)c1ncccc1C. The van der Waals surface area contributed by atoms with Gasteiger partial charge in [0.25, 0.3) is 0 Å². The van der Waals surface area contributed by atoms with Gasteiger partial charge in [-0.1, -0.05) is 35.0 Å². The minimum atomic E-state index is -0.184. The van der Waals surface area contributed by atoms with Crippen LogP contribution in [-0.2, 0) is 6.42 Å². The molecule has 1 N–H and O–H groups in total. The molecule has 0 aliphatic heterocycles. The van der Waals surface area contributed by atoms with Crippen molar-refractivity contribution in [2.45, 2.75) is 26.3 Å². The Bertz CT molecular complexity index is 586. The first-order chi connectivity index (χ1) is 9.61. The second kappa shape index (κ2) is 6.95. The van der Waals surface area contributed by atoms with Gasteiger partial charge in [-0.2, -0.15) is 0 Å². The average Bonchev–Trinajstić information content (AvgIpc) is 2.42. The van der Waals surface area contributed by atoms with E-state index in [4.69, 9.17) is 0 Å². The van der Waals surface area contributed by atoms with E-state index in [1.54, 1.807) is 6.20 Å². The summed E-state index contributed by atoms with van der Waals surface area (Å²) in [5.74, 6) is -0.184. The molecular weight excluding hydrogens is 319 g/mol. The molecule has 4 heteroatoms. The van der Waals surface area contributed by atoms with Crippen LogP contribution in [0, 0.1) is 12.7 Å². The Morgan fingerprint density at radius 3 is 2.80 bits per heavy atom. The van der Waals surface area contributed by atoms with Crippen molar-refractivity contribution in [2.24, 2.45) is 0 Å². The van der Waals surface area contributed by atoms with Crippen LogP contribution in [0.25, 0.3) is 0 Å². The Labute approximate surface area is 127 Å². The number of nitrogens with one attached hydrogen (secondary N) is 1. The Morgan fingerprint density at radius 2 is 2.15 bits per heavy atom. The molecule has 0 saturated heterocycles. The molecule has 0 spiro atoms. The molecule has 2 rings (SSSR count). The summed E-state index contributed by atoms with van der Waals surface area (Å²) in [4.78, 5) is 4.45. The molecule has 0 fully saturated rings. The van der Waals surface area contributed by atoms with Crippen molar-refractivity contribution in [2.75, 3.05) is 6.54 Å². The molecule has 1 heterocycles. The molecular formula is C16H18BrFN2. The summed E-state index contributed by atoms with van der Waals surface area (Å²) < 4.78 is 14.7. The molecule has 0 aliphatic carbocycles. The number of likely N-dealkylation sites (N-methyl/N-ethyl adjacent to an activating group) is 1. The van der Waals surface area contributed by atoms with Gasteiger partial charge < -0.3 is 5.32 Å². The number of aromatic nitrogens is 1. The van der Waals surface area contributed by atoms with Crippen LogP contribution in [0.3, 0.4) is 0 Å². The van der Waals surface area contributed by atoms with Crippen molar-refractivity contribution >= 4 is 15.9 Å². The van der Waals surface area contributed by atoms with Crippen LogP contribution in [-0.4, -0.2) is 11.5 Å². The van der Waals surface area contributed by atoms with E-state index < -0.39 is 0 Å². The van der Waals surface area contributed by atoms with Gasteiger partial charge in [0.1, 0.15) is 5.82 Å². The molecule has 0 saturated carbocycles. The number of rotatable bonds is 5. The zero-order chi connectivity index (χ0) is 14.5. The fourth-order valence-corrected chi connectivity index (χ4v) is 2.61. The van der Waals surface area contributed by atoms with Gasteiger partial charge >= 0.3 is 0 Å². The zero-order valence-corrected chi connectivity index (χ0v) is 13.2. The second-order valence-corrected chi connectivity index (χ2v) is 5.67. The Morgan fingerprint density at radius 1 is 1.35 bits per heavy atom. The number of aryl methyl sites for hydroxylation is 1. The number of benzene rings is 1. The molecule has 1 aromatic heterocycles. The van der Waals surface area contributed by atoms with E-state index in [0.717, 1.165) is 22.3 Å². The largest absolute Gasteiger partial charge is 0.309 e. The summed E-state index contributed by atoms with van der Waals surface area (Å²) in [6.45, 7) is 4.90.